The molecule has 0 aliphatic carbocycles. The average molecular weight is 257 g/mol. The maximum atomic E-state index is 9.02. The third-order valence-electron chi connectivity index (χ3n) is 3.04. The Morgan fingerprint density at radius 2 is 1.35 bits per heavy atom. The smallest absolute Gasteiger partial charge is 0.163 e. The number of benzene rings is 2. The molecular weight excluding hydrogens is 246 g/mol. The van der Waals surface area contributed by atoms with Crippen molar-refractivity contribution in [2.24, 2.45) is 0 Å². The van der Waals surface area contributed by atoms with Crippen LogP contribution in [0.25, 0.3) is 22.4 Å². The Bertz CT molecular complexity index is 759. The highest BCUT2D eigenvalue weighted by atomic mass is 15.1. The quantitative estimate of drug-likeness (QED) is 0.703. The van der Waals surface area contributed by atoms with Crippen LogP contribution in [-0.4, -0.2) is 10.2 Å². The maximum absolute atomic E-state index is 9.02. The molecule has 0 aliphatic rings. The first-order valence-corrected chi connectivity index (χ1v) is 6.27. The molecule has 0 saturated carbocycles. The summed E-state index contributed by atoms with van der Waals surface area (Å²) in [5.74, 6) is 0. The Kier molecular flexibility index (Phi) is 3.22. The molecule has 0 N–H and O–H groups in total. The molecule has 2 aromatic carbocycles. The second-order valence-electron chi connectivity index (χ2n) is 4.34. The van der Waals surface area contributed by atoms with E-state index in [2.05, 4.69) is 10.2 Å². The van der Waals surface area contributed by atoms with E-state index >= 15 is 0 Å². The van der Waals surface area contributed by atoms with Gasteiger partial charge in [-0.25, -0.2) is 0 Å². The van der Waals surface area contributed by atoms with Crippen LogP contribution in [0.4, 0.5) is 0 Å². The third kappa shape index (κ3) is 2.27. The van der Waals surface area contributed by atoms with E-state index in [1.807, 2.05) is 66.7 Å². The Morgan fingerprint density at radius 3 is 1.95 bits per heavy atom. The van der Waals surface area contributed by atoms with Gasteiger partial charge in [-0.05, 0) is 11.6 Å². The number of nitrogens with zero attached hydrogens (tertiary/aromatic N) is 3. The summed E-state index contributed by atoms with van der Waals surface area (Å²) in [6.07, 6.45) is 0. The van der Waals surface area contributed by atoms with E-state index in [1.54, 1.807) is 6.07 Å². The lowest BCUT2D eigenvalue weighted by Gasteiger charge is -2.08. The first-order chi connectivity index (χ1) is 9.88. The van der Waals surface area contributed by atoms with Crippen LogP contribution in [-0.2, 0) is 0 Å². The molecule has 0 spiro atoms. The van der Waals surface area contributed by atoms with Crippen molar-refractivity contribution >= 4 is 0 Å². The van der Waals surface area contributed by atoms with Gasteiger partial charge < -0.3 is 0 Å². The zero-order valence-corrected chi connectivity index (χ0v) is 10.7. The van der Waals surface area contributed by atoms with E-state index in [0.29, 0.717) is 5.69 Å². The van der Waals surface area contributed by atoms with Gasteiger partial charge in [-0.3, -0.25) is 0 Å². The van der Waals surface area contributed by atoms with Gasteiger partial charge in [0, 0.05) is 11.1 Å². The Labute approximate surface area is 117 Å². The predicted octanol–water partition coefficient (Wildman–Crippen LogP) is 3.68. The predicted molar refractivity (Wildman–Crippen MR) is 77.6 cm³/mol. The first-order valence-electron chi connectivity index (χ1n) is 6.27. The molecule has 0 fully saturated rings. The van der Waals surface area contributed by atoms with Gasteiger partial charge in [-0.2, -0.15) is 5.26 Å². The molecule has 20 heavy (non-hydrogen) atoms. The van der Waals surface area contributed by atoms with Crippen molar-refractivity contribution in [2.45, 2.75) is 0 Å². The summed E-state index contributed by atoms with van der Waals surface area (Å²) in [5.41, 5.74) is 4.05. The van der Waals surface area contributed by atoms with Crippen LogP contribution in [0, 0.1) is 11.3 Å². The number of hydrogen-bond donors (Lipinski definition) is 0. The Balaban J connectivity index is 2.23. The summed E-state index contributed by atoms with van der Waals surface area (Å²) in [6, 6.07) is 23.6. The molecule has 0 bridgehead atoms. The highest BCUT2D eigenvalue weighted by molar-refractivity contribution is 5.80. The van der Waals surface area contributed by atoms with Crippen molar-refractivity contribution in [2.75, 3.05) is 0 Å². The summed E-state index contributed by atoms with van der Waals surface area (Å²) in [4.78, 5) is 0. The minimum absolute atomic E-state index is 0.323. The van der Waals surface area contributed by atoms with Crippen LogP contribution in [0.15, 0.2) is 66.7 Å². The molecule has 1 aromatic heterocycles. The van der Waals surface area contributed by atoms with Crippen LogP contribution >= 0.6 is 0 Å². The lowest BCUT2D eigenvalue weighted by atomic mass is 9.99. The van der Waals surface area contributed by atoms with E-state index in [4.69, 9.17) is 5.26 Å². The van der Waals surface area contributed by atoms with E-state index in [0.717, 1.165) is 22.4 Å². The standard InChI is InChI=1S/C17H11N3/c18-12-15-11-16(13-7-3-1-4-8-13)17(20-19-15)14-9-5-2-6-10-14/h1-11H. The summed E-state index contributed by atoms with van der Waals surface area (Å²) in [7, 11) is 0. The molecule has 94 valence electrons. The first kappa shape index (κ1) is 12.1. The van der Waals surface area contributed by atoms with Gasteiger partial charge in [-0.1, -0.05) is 60.7 Å². The molecule has 3 heteroatoms. The third-order valence-corrected chi connectivity index (χ3v) is 3.04. The number of rotatable bonds is 2. The van der Waals surface area contributed by atoms with Crippen LogP contribution in [0.5, 0.6) is 0 Å². The summed E-state index contributed by atoms with van der Waals surface area (Å²) >= 11 is 0. The molecule has 0 saturated heterocycles. The van der Waals surface area contributed by atoms with Gasteiger partial charge in [0.05, 0.1) is 0 Å². The lowest BCUT2D eigenvalue weighted by molar-refractivity contribution is 1.02. The molecule has 3 rings (SSSR count). The highest BCUT2D eigenvalue weighted by Gasteiger charge is 2.10. The minimum Gasteiger partial charge on any atom is -0.191 e. The largest absolute Gasteiger partial charge is 0.191 e. The lowest BCUT2D eigenvalue weighted by Crippen LogP contribution is -1.95. The Morgan fingerprint density at radius 1 is 0.750 bits per heavy atom. The molecule has 0 amide bonds. The van der Waals surface area contributed by atoms with Gasteiger partial charge in [0.15, 0.2) is 5.69 Å². The topological polar surface area (TPSA) is 49.6 Å². The van der Waals surface area contributed by atoms with E-state index in [1.165, 1.54) is 0 Å². The van der Waals surface area contributed by atoms with E-state index < -0.39 is 0 Å². The van der Waals surface area contributed by atoms with E-state index in [9.17, 15) is 0 Å². The fourth-order valence-corrected chi connectivity index (χ4v) is 2.09. The normalized spacial score (nSPS) is 9.95. The van der Waals surface area contributed by atoms with Gasteiger partial charge in [0.1, 0.15) is 11.8 Å². The molecule has 3 aromatic rings. The second-order valence-corrected chi connectivity index (χ2v) is 4.34. The van der Waals surface area contributed by atoms with Gasteiger partial charge in [0.25, 0.3) is 0 Å². The molecule has 0 atom stereocenters. The van der Waals surface area contributed by atoms with Crippen molar-refractivity contribution in [1.29, 1.82) is 5.26 Å². The molecule has 3 nitrogen and oxygen atoms in total. The molecule has 1 heterocycles. The fraction of sp³-hybridized carbons (Fsp3) is 0. The minimum atomic E-state index is 0.323. The number of hydrogen-bond acceptors (Lipinski definition) is 3. The van der Waals surface area contributed by atoms with Crippen molar-refractivity contribution in [3.05, 3.63) is 72.4 Å². The van der Waals surface area contributed by atoms with Crippen LogP contribution in [0.3, 0.4) is 0 Å². The summed E-state index contributed by atoms with van der Waals surface area (Å²) in [6.45, 7) is 0. The summed E-state index contributed by atoms with van der Waals surface area (Å²) < 4.78 is 0. The van der Waals surface area contributed by atoms with Crippen molar-refractivity contribution in [3.63, 3.8) is 0 Å². The van der Waals surface area contributed by atoms with Crippen molar-refractivity contribution in [1.82, 2.24) is 10.2 Å². The second kappa shape index (κ2) is 5.33. The highest BCUT2D eigenvalue weighted by Crippen LogP contribution is 2.29. The van der Waals surface area contributed by atoms with Gasteiger partial charge in [-0.15, -0.1) is 10.2 Å². The van der Waals surface area contributed by atoms with Crippen molar-refractivity contribution < 1.29 is 0 Å². The van der Waals surface area contributed by atoms with Crippen LogP contribution < -0.4 is 0 Å². The number of nitriles is 1. The molecule has 0 aliphatic heterocycles. The maximum Gasteiger partial charge on any atom is 0.163 e. The SMILES string of the molecule is N#Cc1cc(-c2ccccc2)c(-c2ccccc2)nn1. The van der Waals surface area contributed by atoms with Crippen molar-refractivity contribution in [3.8, 4) is 28.5 Å². The summed E-state index contributed by atoms with van der Waals surface area (Å²) in [5, 5.41) is 17.2. The molecule has 0 unspecified atom stereocenters. The average Bonchev–Trinajstić information content (AvgIpc) is 2.56. The van der Waals surface area contributed by atoms with Crippen LogP contribution in [0.1, 0.15) is 5.69 Å². The monoisotopic (exact) mass is 257 g/mol. The molecular formula is C17H11N3. The van der Waals surface area contributed by atoms with Gasteiger partial charge >= 0.3 is 0 Å². The zero-order chi connectivity index (χ0) is 13.8. The fourth-order valence-electron chi connectivity index (χ4n) is 2.09. The van der Waals surface area contributed by atoms with Crippen LogP contribution in [0.2, 0.25) is 0 Å². The zero-order valence-electron chi connectivity index (χ0n) is 10.7. The Hall–Kier alpha value is -2.99. The molecule has 0 radical (unpaired) electrons. The number of aromatic nitrogens is 2. The van der Waals surface area contributed by atoms with Gasteiger partial charge in [0.2, 0.25) is 0 Å². The van der Waals surface area contributed by atoms with E-state index in [-0.39, 0.29) is 0 Å².